The van der Waals surface area contributed by atoms with Gasteiger partial charge in [0.25, 0.3) is 0 Å². The number of amides is 2. The SMILES string of the molecule is CCNC(=O)C(N)CCC(N)=O. The Morgan fingerprint density at radius 3 is 2.50 bits per heavy atom. The van der Waals surface area contributed by atoms with Gasteiger partial charge in [-0.15, -0.1) is 0 Å². The first-order valence-corrected chi connectivity index (χ1v) is 3.89. The summed E-state index contributed by atoms with van der Waals surface area (Å²) >= 11 is 0. The smallest absolute Gasteiger partial charge is 0.236 e. The van der Waals surface area contributed by atoms with Gasteiger partial charge in [0.05, 0.1) is 6.04 Å². The fourth-order valence-corrected chi connectivity index (χ4v) is 0.734. The number of rotatable bonds is 5. The Hall–Kier alpha value is -1.10. The molecule has 0 saturated heterocycles. The van der Waals surface area contributed by atoms with Gasteiger partial charge in [-0.3, -0.25) is 9.59 Å². The van der Waals surface area contributed by atoms with Crippen LogP contribution in [0.25, 0.3) is 0 Å². The van der Waals surface area contributed by atoms with Gasteiger partial charge in [-0.2, -0.15) is 0 Å². The van der Waals surface area contributed by atoms with Crippen molar-refractivity contribution in [1.29, 1.82) is 0 Å². The Balaban J connectivity index is 3.63. The molecule has 0 aromatic heterocycles. The lowest BCUT2D eigenvalue weighted by molar-refractivity contribution is -0.122. The highest BCUT2D eigenvalue weighted by atomic mass is 16.2. The van der Waals surface area contributed by atoms with Crippen molar-refractivity contribution in [2.24, 2.45) is 11.5 Å². The summed E-state index contributed by atoms with van der Waals surface area (Å²) in [6.45, 7) is 2.35. The third-order valence-corrected chi connectivity index (χ3v) is 1.39. The number of nitrogens with one attached hydrogen (secondary N) is 1. The third kappa shape index (κ3) is 4.68. The van der Waals surface area contributed by atoms with E-state index in [-0.39, 0.29) is 12.3 Å². The van der Waals surface area contributed by atoms with Crippen molar-refractivity contribution in [3.05, 3.63) is 0 Å². The predicted molar refractivity (Wildman–Crippen MR) is 45.1 cm³/mol. The van der Waals surface area contributed by atoms with Crippen molar-refractivity contribution in [3.8, 4) is 0 Å². The molecule has 70 valence electrons. The first-order valence-electron chi connectivity index (χ1n) is 3.89. The normalized spacial score (nSPS) is 12.2. The van der Waals surface area contributed by atoms with Crippen molar-refractivity contribution in [2.75, 3.05) is 6.54 Å². The number of nitrogens with two attached hydrogens (primary N) is 2. The molecule has 0 aliphatic heterocycles. The first kappa shape index (κ1) is 10.9. The lowest BCUT2D eigenvalue weighted by Crippen LogP contribution is -2.40. The summed E-state index contributed by atoms with van der Waals surface area (Å²) in [6.07, 6.45) is 0.458. The zero-order valence-electron chi connectivity index (χ0n) is 7.17. The van der Waals surface area contributed by atoms with E-state index in [4.69, 9.17) is 11.5 Å². The summed E-state index contributed by atoms with van der Waals surface area (Å²) in [5.74, 6) is -0.673. The van der Waals surface area contributed by atoms with Gasteiger partial charge in [0, 0.05) is 13.0 Å². The Morgan fingerprint density at radius 2 is 2.08 bits per heavy atom. The van der Waals surface area contributed by atoms with Crippen LogP contribution in [0.15, 0.2) is 0 Å². The predicted octanol–water partition coefficient (Wildman–Crippen LogP) is -1.28. The van der Waals surface area contributed by atoms with E-state index >= 15 is 0 Å². The van der Waals surface area contributed by atoms with Gasteiger partial charge in [0.1, 0.15) is 0 Å². The molecule has 1 atom stereocenters. The summed E-state index contributed by atoms with van der Waals surface area (Å²) in [4.78, 5) is 21.3. The second-order valence-electron chi connectivity index (χ2n) is 2.51. The molecule has 0 aromatic rings. The van der Waals surface area contributed by atoms with Crippen molar-refractivity contribution in [1.82, 2.24) is 5.32 Å². The van der Waals surface area contributed by atoms with Crippen molar-refractivity contribution >= 4 is 11.8 Å². The maximum Gasteiger partial charge on any atom is 0.236 e. The van der Waals surface area contributed by atoms with Crippen LogP contribution in [-0.4, -0.2) is 24.4 Å². The zero-order chi connectivity index (χ0) is 9.56. The van der Waals surface area contributed by atoms with Crippen LogP contribution in [0, 0.1) is 0 Å². The molecule has 0 fully saturated rings. The van der Waals surface area contributed by atoms with E-state index in [1.54, 1.807) is 6.92 Å². The van der Waals surface area contributed by atoms with Gasteiger partial charge in [-0.05, 0) is 13.3 Å². The van der Waals surface area contributed by atoms with E-state index < -0.39 is 11.9 Å². The van der Waals surface area contributed by atoms with Gasteiger partial charge in [-0.1, -0.05) is 0 Å². The molecule has 0 aliphatic carbocycles. The number of hydrogen-bond donors (Lipinski definition) is 3. The fraction of sp³-hybridized carbons (Fsp3) is 0.714. The molecule has 5 N–H and O–H groups in total. The molecule has 0 saturated carbocycles. The highest BCUT2D eigenvalue weighted by Crippen LogP contribution is 1.93. The molecule has 0 aromatic carbocycles. The molecule has 5 heteroatoms. The number of hydrogen-bond acceptors (Lipinski definition) is 3. The molecule has 0 radical (unpaired) electrons. The Bertz CT molecular complexity index is 170. The van der Waals surface area contributed by atoms with Gasteiger partial charge in [0.2, 0.25) is 11.8 Å². The topological polar surface area (TPSA) is 98.2 Å². The van der Waals surface area contributed by atoms with E-state index in [9.17, 15) is 9.59 Å². The highest BCUT2D eigenvalue weighted by molar-refractivity contribution is 5.82. The maximum atomic E-state index is 11.0. The number of likely N-dealkylation sites (N-methyl/N-ethyl adjacent to an activating group) is 1. The molecule has 0 bridgehead atoms. The molecule has 0 heterocycles. The zero-order valence-corrected chi connectivity index (χ0v) is 7.17. The van der Waals surface area contributed by atoms with Crippen LogP contribution >= 0.6 is 0 Å². The van der Waals surface area contributed by atoms with E-state index in [2.05, 4.69) is 5.32 Å². The minimum absolute atomic E-state index is 0.151. The molecule has 0 aliphatic rings. The maximum absolute atomic E-state index is 11.0. The monoisotopic (exact) mass is 173 g/mol. The second kappa shape index (κ2) is 5.54. The summed E-state index contributed by atoms with van der Waals surface area (Å²) in [6, 6.07) is -0.627. The molecule has 5 nitrogen and oxygen atoms in total. The van der Waals surface area contributed by atoms with Crippen LogP contribution < -0.4 is 16.8 Å². The molecule has 2 amide bonds. The summed E-state index contributed by atoms with van der Waals surface area (Å²) in [5.41, 5.74) is 10.3. The lowest BCUT2D eigenvalue weighted by Gasteiger charge is -2.09. The van der Waals surface area contributed by atoms with Gasteiger partial charge in [-0.25, -0.2) is 0 Å². The van der Waals surface area contributed by atoms with Crippen LogP contribution in [0.4, 0.5) is 0 Å². The molecular formula is C7H15N3O2. The third-order valence-electron chi connectivity index (χ3n) is 1.39. The Kier molecular flexibility index (Phi) is 5.03. The van der Waals surface area contributed by atoms with Crippen LogP contribution in [0.3, 0.4) is 0 Å². The van der Waals surface area contributed by atoms with Crippen LogP contribution in [0.1, 0.15) is 19.8 Å². The Morgan fingerprint density at radius 1 is 1.50 bits per heavy atom. The van der Waals surface area contributed by atoms with Crippen molar-refractivity contribution in [3.63, 3.8) is 0 Å². The number of primary amides is 1. The van der Waals surface area contributed by atoms with E-state index in [0.717, 1.165) is 0 Å². The minimum Gasteiger partial charge on any atom is -0.370 e. The minimum atomic E-state index is -0.627. The van der Waals surface area contributed by atoms with Gasteiger partial charge < -0.3 is 16.8 Å². The van der Waals surface area contributed by atoms with E-state index in [1.165, 1.54) is 0 Å². The van der Waals surface area contributed by atoms with Gasteiger partial charge >= 0.3 is 0 Å². The average Bonchev–Trinajstić information content (AvgIpc) is 2.00. The quantitative estimate of drug-likeness (QED) is 0.482. The van der Waals surface area contributed by atoms with Crippen molar-refractivity contribution < 1.29 is 9.59 Å². The average molecular weight is 173 g/mol. The standard InChI is InChI=1S/C7H15N3O2/c1-2-10-7(12)5(8)3-4-6(9)11/h5H,2-4,8H2,1H3,(H2,9,11)(H,10,12). The molecule has 1 unspecified atom stereocenters. The number of carbonyl (C=O) groups excluding carboxylic acids is 2. The van der Waals surface area contributed by atoms with Crippen LogP contribution in [0.5, 0.6) is 0 Å². The Labute approximate surface area is 71.5 Å². The summed E-state index contributed by atoms with van der Waals surface area (Å²) < 4.78 is 0. The molecule has 12 heavy (non-hydrogen) atoms. The summed E-state index contributed by atoms with van der Waals surface area (Å²) in [7, 11) is 0. The highest BCUT2D eigenvalue weighted by Gasteiger charge is 2.12. The number of carbonyl (C=O) groups is 2. The van der Waals surface area contributed by atoms with Crippen LogP contribution in [0.2, 0.25) is 0 Å². The molecule has 0 rings (SSSR count). The van der Waals surface area contributed by atoms with Crippen LogP contribution in [-0.2, 0) is 9.59 Å². The fourth-order valence-electron chi connectivity index (χ4n) is 0.734. The van der Waals surface area contributed by atoms with E-state index in [1.807, 2.05) is 0 Å². The van der Waals surface area contributed by atoms with E-state index in [0.29, 0.717) is 13.0 Å². The summed E-state index contributed by atoms with van der Waals surface area (Å²) in [5, 5.41) is 2.55. The first-order chi connectivity index (χ1) is 5.57. The lowest BCUT2D eigenvalue weighted by atomic mass is 10.1. The largest absolute Gasteiger partial charge is 0.370 e. The second-order valence-corrected chi connectivity index (χ2v) is 2.51. The molecule has 0 spiro atoms. The van der Waals surface area contributed by atoms with Crippen molar-refractivity contribution in [2.45, 2.75) is 25.8 Å². The van der Waals surface area contributed by atoms with Gasteiger partial charge in [0.15, 0.2) is 0 Å². The molecular weight excluding hydrogens is 158 g/mol.